The Bertz CT molecular complexity index is 1490. The summed E-state index contributed by atoms with van der Waals surface area (Å²) in [6.45, 7) is 5.52. The number of hydrogen-bond acceptors (Lipinski definition) is 6. The summed E-state index contributed by atoms with van der Waals surface area (Å²) in [5.41, 5.74) is 1.64. The maximum Gasteiger partial charge on any atom is 0.408 e. The van der Waals surface area contributed by atoms with Crippen LogP contribution in [-0.4, -0.2) is 57.7 Å². The molecule has 0 fully saturated rings. The van der Waals surface area contributed by atoms with Crippen LogP contribution < -0.4 is 5.32 Å². The van der Waals surface area contributed by atoms with Gasteiger partial charge in [0.25, 0.3) is 23.6 Å². The molecule has 1 N–H and O–H groups in total. The largest absolute Gasteiger partial charge is 0.444 e. The van der Waals surface area contributed by atoms with Crippen molar-refractivity contribution >= 4 is 29.7 Å². The summed E-state index contributed by atoms with van der Waals surface area (Å²) in [5, 5.41) is 2.95. The third-order valence-electron chi connectivity index (χ3n) is 7.67. The Kier molecular flexibility index (Phi) is 8.43. The van der Waals surface area contributed by atoms with Crippen molar-refractivity contribution in [2.45, 2.75) is 64.1 Å². The van der Waals surface area contributed by atoms with Gasteiger partial charge in [-0.05, 0) is 76.3 Å². The molecule has 0 saturated heterocycles. The third-order valence-corrected chi connectivity index (χ3v) is 7.67. The first-order valence-corrected chi connectivity index (χ1v) is 14.5. The van der Waals surface area contributed by atoms with Crippen LogP contribution in [0.3, 0.4) is 0 Å². The topological polar surface area (TPSA) is 113 Å². The van der Waals surface area contributed by atoms with Gasteiger partial charge in [0, 0.05) is 12.6 Å². The Morgan fingerprint density at radius 3 is 1.70 bits per heavy atom. The Balaban J connectivity index is 1.34. The molecule has 0 aromatic heterocycles. The van der Waals surface area contributed by atoms with Crippen molar-refractivity contribution in [2.75, 3.05) is 6.54 Å². The van der Waals surface area contributed by atoms with Gasteiger partial charge in [-0.15, -0.1) is 0 Å². The van der Waals surface area contributed by atoms with Crippen LogP contribution >= 0.6 is 0 Å². The molecule has 2 aliphatic rings. The van der Waals surface area contributed by atoms with Gasteiger partial charge in [0.1, 0.15) is 5.60 Å². The van der Waals surface area contributed by atoms with Crippen LogP contribution in [0.15, 0.2) is 78.9 Å². The SMILES string of the molecule is CC(C)(C)OC(=O)NC(CCC(CCCN1C(=O)c2ccccc2C1=O)N1C(=O)c2ccccc2C1=O)c1ccccc1. The minimum Gasteiger partial charge on any atom is -0.444 e. The van der Waals surface area contributed by atoms with E-state index in [1.165, 1.54) is 9.80 Å². The minimum atomic E-state index is -0.682. The standard InChI is InChI=1S/C34H35N3O6/c1-34(2,3)43-33(42)35-28(22-12-5-4-6-13-22)20-19-23(37-31(40)26-17-9-10-18-27(26)32(37)41)14-11-21-36-29(38)24-15-7-8-16-25(24)30(36)39/h4-10,12-13,15-18,23,28H,11,14,19-21H2,1-3H3,(H,35,42). The summed E-state index contributed by atoms with van der Waals surface area (Å²) >= 11 is 0. The highest BCUT2D eigenvalue weighted by molar-refractivity contribution is 6.22. The Morgan fingerprint density at radius 2 is 1.19 bits per heavy atom. The second kappa shape index (κ2) is 12.2. The monoisotopic (exact) mass is 581 g/mol. The maximum atomic E-state index is 13.5. The van der Waals surface area contributed by atoms with Crippen molar-refractivity contribution < 1.29 is 28.7 Å². The molecule has 43 heavy (non-hydrogen) atoms. The smallest absolute Gasteiger partial charge is 0.408 e. The van der Waals surface area contributed by atoms with Crippen molar-refractivity contribution in [3.63, 3.8) is 0 Å². The number of hydrogen-bond donors (Lipinski definition) is 1. The first kappa shape index (κ1) is 29.7. The lowest BCUT2D eigenvalue weighted by atomic mass is 9.96. The van der Waals surface area contributed by atoms with Crippen LogP contribution in [0.25, 0.3) is 0 Å². The molecule has 5 amide bonds. The summed E-state index contributed by atoms with van der Waals surface area (Å²) in [6.07, 6.45) is 0.979. The van der Waals surface area contributed by atoms with E-state index in [0.717, 1.165) is 5.56 Å². The number of nitrogens with zero attached hydrogens (tertiary/aromatic N) is 2. The van der Waals surface area contributed by atoms with E-state index in [1.54, 1.807) is 69.3 Å². The molecule has 0 bridgehead atoms. The Hall–Kier alpha value is -4.79. The van der Waals surface area contributed by atoms with Crippen LogP contribution in [0.5, 0.6) is 0 Å². The number of benzene rings is 3. The average molecular weight is 582 g/mol. The predicted molar refractivity (Wildman–Crippen MR) is 160 cm³/mol. The van der Waals surface area contributed by atoms with Gasteiger partial charge in [0.05, 0.1) is 28.3 Å². The molecule has 2 atom stereocenters. The maximum absolute atomic E-state index is 13.5. The van der Waals surface area contributed by atoms with Gasteiger partial charge < -0.3 is 10.1 Å². The van der Waals surface area contributed by atoms with E-state index in [-0.39, 0.29) is 30.2 Å². The van der Waals surface area contributed by atoms with E-state index >= 15 is 0 Å². The van der Waals surface area contributed by atoms with Crippen LogP contribution in [-0.2, 0) is 4.74 Å². The number of fused-ring (bicyclic) bond motifs is 2. The first-order valence-electron chi connectivity index (χ1n) is 14.5. The normalized spacial score (nSPS) is 15.8. The van der Waals surface area contributed by atoms with Crippen LogP contribution in [0.4, 0.5) is 4.79 Å². The lowest BCUT2D eigenvalue weighted by Crippen LogP contribution is -2.41. The number of ether oxygens (including phenoxy) is 1. The second-order valence-corrected chi connectivity index (χ2v) is 11.8. The number of imide groups is 2. The van der Waals surface area contributed by atoms with Gasteiger partial charge in [-0.25, -0.2) is 4.79 Å². The second-order valence-electron chi connectivity index (χ2n) is 11.8. The average Bonchev–Trinajstić information content (AvgIpc) is 3.38. The van der Waals surface area contributed by atoms with Crippen molar-refractivity contribution in [3.05, 3.63) is 107 Å². The fourth-order valence-electron chi connectivity index (χ4n) is 5.69. The van der Waals surface area contributed by atoms with Crippen molar-refractivity contribution in [3.8, 4) is 0 Å². The molecule has 3 aromatic carbocycles. The highest BCUT2D eigenvalue weighted by atomic mass is 16.6. The summed E-state index contributed by atoms with van der Waals surface area (Å²) < 4.78 is 5.50. The molecule has 9 heteroatoms. The quantitative estimate of drug-likeness (QED) is 0.304. The summed E-state index contributed by atoms with van der Waals surface area (Å²) in [4.78, 5) is 68.0. The molecule has 222 valence electrons. The first-order chi connectivity index (χ1) is 20.5. The molecule has 0 spiro atoms. The molecular formula is C34H35N3O6. The minimum absolute atomic E-state index is 0.157. The van der Waals surface area contributed by atoms with Gasteiger partial charge in [-0.2, -0.15) is 0 Å². The van der Waals surface area contributed by atoms with Gasteiger partial charge in [-0.1, -0.05) is 54.6 Å². The van der Waals surface area contributed by atoms with Gasteiger partial charge >= 0.3 is 6.09 Å². The molecular weight excluding hydrogens is 546 g/mol. The van der Waals surface area contributed by atoms with E-state index in [0.29, 0.717) is 47.9 Å². The molecule has 2 heterocycles. The number of alkyl carbamates (subject to hydrolysis) is 1. The molecule has 0 saturated carbocycles. The van der Waals surface area contributed by atoms with E-state index < -0.39 is 23.8 Å². The summed E-state index contributed by atoms with van der Waals surface area (Å²) in [6, 6.07) is 21.9. The molecule has 0 radical (unpaired) electrons. The molecule has 0 aliphatic carbocycles. The number of carbonyl (C=O) groups is 5. The number of nitrogens with one attached hydrogen (secondary N) is 1. The molecule has 9 nitrogen and oxygen atoms in total. The highest BCUT2D eigenvalue weighted by Crippen LogP contribution is 2.31. The fourth-order valence-corrected chi connectivity index (χ4v) is 5.69. The lowest BCUT2D eigenvalue weighted by molar-refractivity contribution is 0.0479. The van der Waals surface area contributed by atoms with Gasteiger partial charge in [-0.3, -0.25) is 29.0 Å². The van der Waals surface area contributed by atoms with Gasteiger partial charge in [0.15, 0.2) is 0 Å². The van der Waals surface area contributed by atoms with E-state index in [4.69, 9.17) is 4.74 Å². The van der Waals surface area contributed by atoms with Gasteiger partial charge in [0.2, 0.25) is 0 Å². The summed E-state index contributed by atoms with van der Waals surface area (Å²) in [7, 11) is 0. The Labute approximate surface area is 250 Å². The summed E-state index contributed by atoms with van der Waals surface area (Å²) in [5.74, 6) is -1.43. The number of carbonyl (C=O) groups excluding carboxylic acids is 5. The van der Waals surface area contributed by atoms with E-state index in [9.17, 15) is 24.0 Å². The van der Waals surface area contributed by atoms with E-state index in [1.807, 2.05) is 30.3 Å². The van der Waals surface area contributed by atoms with Crippen LogP contribution in [0.1, 0.15) is 99.5 Å². The van der Waals surface area contributed by atoms with Crippen molar-refractivity contribution in [1.82, 2.24) is 15.1 Å². The zero-order valence-corrected chi connectivity index (χ0v) is 24.5. The predicted octanol–water partition coefficient (Wildman–Crippen LogP) is 5.77. The number of amides is 5. The molecule has 2 unspecified atom stereocenters. The zero-order valence-electron chi connectivity index (χ0n) is 24.5. The molecule has 5 rings (SSSR count). The van der Waals surface area contributed by atoms with Crippen LogP contribution in [0, 0.1) is 0 Å². The number of rotatable bonds is 10. The van der Waals surface area contributed by atoms with Crippen molar-refractivity contribution in [2.24, 2.45) is 0 Å². The fraction of sp³-hybridized carbons (Fsp3) is 0.324. The lowest BCUT2D eigenvalue weighted by Gasteiger charge is -2.29. The third kappa shape index (κ3) is 6.35. The zero-order chi connectivity index (χ0) is 30.7. The van der Waals surface area contributed by atoms with E-state index in [2.05, 4.69) is 5.32 Å². The Morgan fingerprint density at radius 1 is 0.698 bits per heavy atom. The van der Waals surface area contributed by atoms with Crippen molar-refractivity contribution in [1.29, 1.82) is 0 Å². The molecule has 3 aromatic rings. The highest BCUT2D eigenvalue weighted by Gasteiger charge is 2.40. The van der Waals surface area contributed by atoms with Crippen LogP contribution in [0.2, 0.25) is 0 Å². The molecule has 2 aliphatic heterocycles.